The van der Waals surface area contributed by atoms with E-state index in [9.17, 15) is 13.2 Å². The van der Waals surface area contributed by atoms with Crippen molar-refractivity contribution in [1.82, 2.24) is 15.0 Å². The molecule has 2 aromatic heterocycles. The van der Waals surface area contributed by atoms with E-state index >= 15 is 0 Å². The van der Waals surface area contributed by atoms with Crippen molar-refractivity contribution >= 4 is 38.5 Å². The molecule has 0 spiro atoms. The van der Waals surface area contributed by atoms with Crippen LogP contribution in [0.15, 0.2) is 23.5 Å². The van der Waals surface area contributed by atoms with Gasteiger partial charge in [-0.15, -0.1) is 0 Å². The second kappa shape index (κ2) is 6.06. The number of aliphatic carboxylic acids is 1. The first-order valence-corrected chi connectivity index (χ1v) is 8.14. The fraction of sp³-hybridized carbons (Fsp3) is 0.182. The van der Waals surface area contributed by atoms with Crippen molar-refractivity contribution in [1.29, 1.82) is 0 Å². The minimum Gasteiger partial charge on any atom is -0.478 e. The van der Waals surface area contributed by atoms with Gasteiger partial charge >= 0.3 is 5.97 Å². The first-order chi connectivity index (χ1) is 9.90. The number of anilines is 1. The van der Waals surface area contributed by atoms with Gasteiger partial charge in [0.1, 0.15) is 5.82 Å². The molecule has 0 atom stereocenters. The smallest absolute Gasteiger partial charge is 0.328 e. The summed E-state index contributed by atoms with van der Waals surface area (Å²) in [5.41, 5.74) is 0. The standard InChI is InChI=1S/C11H12N4O4S2/c1-2-8-12-6-9(14-8)21(18,19)15-11-13-5-7(20-11)3-4-10(16)17/h3-6H,2H2,1H3,(H,12,14)(H,13,15)(H,16,17). The van der Waals surface area contributed by atoms with Crippen LogP contribution >= 0.6 is 11.3 Å². The van der Waals surface area contributed by atoms with Gasteiger partial charge in [0.05, 0.1) is 6.20 Å². The topological polar surface area (TPSA) is 125 Å². The predicted octanol–water partition coefficient (Wildman–Crippen LogP) is 1.33. The number of aromatic amines is 1. The van der Waals surface area contributed by atoms with Gasteiger partial charge in [-0.1, -0.05) is 18.3 Å². The second-order valence-electron chi connectivity index (χ2n) is 3.89. The molecule has 0 saturated carbocycles. The summed E-state index contributed by atoms with van der Waals surface area (Å²) in [6.07, 6.45) is 5.50. The highest BCUT2D eigenvalue weighted by Gasteiger charge is 2.18. The number of H-pyrrole nitrogens is 1. The van der Waals surface area contributed by atoms with Crippen molar-refractivity contribution in [3.05, 3.63) is 29.2 Å². The molecule has 112 valence electrons. The molecule has 0 aliphatic rings. The number of aromatic nitrogens is 3. The summed E-state index contributed by atoms with van der Waals surface area (Å²) in [4.78, 5) is 21.4. The van der Waals surface area contributed by atoms with Crippen LogP contribution in [0.5, 0.6) is 0 Å². The summed E-state index contributed by atoms with van der Waals surface area (Å²) in [5.74, 6) is -0.519. The molecule has 8 nitrogen and oxygen atoms in total. The zero-order valence-electron chi connectivity index (χ0n) is 10.9. The van der Waals surface area contributed by atoms with Crippen LogP contribution in [0.4, 0.5) is 5.13 Å². The highest BCUT2D eigenvalue weighted by Crippen LogP contribution is 2.22. The minimum atomic E-state index is -3.78. The molecular weight excluding hydrogens is 316 g/mol. The minimum absolute atomic E-state index is 0.0443. The van der Waals surface area contributed by atoms with Gasteiger partial charge in [-0.05, 0) is 6.08 Å². The zero-order valence-corrected chi connectivity index (χ0v) is 12.5. The van der Waals surface area contributed by atoms with Crippen molar-refractivity contribution < 1.29 is 18.3 Å². The Morgan fingerprint density at radius 1 is 1.48 bits per heavy atom. The predicted molar refractivity (Wildman–Crippen MR) is 77.6 cm³/mol. The number of carboxylic acid groups (broad SMARTS) is 1. The molecule has 0 aromatic carbocycles. The quantitative estimate of drug-likeness (QED) is 0.687. The zero-order chi connectivity index (χ0) is 15.5. The first kappa shape index (κ1) is 15.2. The Kier molecular flexibility index (Phi) is 4.38. The fourth-order valence-electron chi connectivity index (χ4n) is 1.39. The normalized spacial score (nSPS) is 11.9. The number of thiazole rings is 1. The summed E-state index contributed by atoms with van der Waals surface area (Å²) in [6, 6.07) is 0. The third-order valence-electron chi connectivity index (χ3n) is 2.36. The van der Waals surface area contributed by atoms with E-state index in [0.717, 1.165) is 17.4 Å². The maximum atomic E-state index is 12.1. The summed E-state index contributed by atoms with van der Waals surface area (Å²) < 4.78 is 26.5. The molecule has 2 rings (SSSR count). The van der Waals surface area contributed by atoms with Crippen LogP contribution in [0.3, 0.4) is 0 Å². The summed E-state index contributed by atoms with van der Waals surface area (Å²) in [5, 5.41) is 8.62. The van der Waals surface area contributed by atoms with Crippen LogP contribution in [0, 0.1) is 0 Å². The van der Waals surface area contributed by atoms with Gasteiger partial charge in [-0.25, -0.2) is 14.8 Å². The van der Waals surface area contributed by atoms with E-state index in [4.69, 9.17) is 5.11 Å². The van der Waals surface area contributed by atoms with Crippen molar-refractivity contribution in [2.75, 3.05) is 4.72 Å². The van der Waals surface area contributed by atoms with E-state index in [0.29, 0.717) is 17.1 Å². The molecule has 0 unspecified atom stereocenters. The molecular formula is C11H12N4O4S2. The van der Waals surface area contributed by atoms with E-state index in [1.54, 1.807) is 0 Å². The third-order valence-corrected chi connectivity index (χ3v) is 4.62. The molecule has 0 saturated heterocycles. The van der Waals surface area contributed by atoms with Crippen LogP contribution in [0.2, 0.25) is 0 Å². The fourth-order valence-corrected chi connectivity index (χ4v) is 3.30. The average Bonchev–Trinajstić information content (AvgIpc) is 3.04. The Morgan fingerprint density at radius 3 is 2.86 bits per heavy atom. The van der Waals surface area contributed by atoms with Gasteiger partial charge in [-0.2, -0.15) is 8.42 Å². The van der Waals surface area contributed by atoms with E-state index in [2.05, 4.69) is 19.7 Å². The van der Waals surface area contributed by atoms with Gasteiger partial charge in [0, 0.05) is 23.6 Å². The van der Waals surface area contributed by atoms with Gasteiger partial charge in [0.25, 0.3) is 10.0 Å². The molecule has 2 aromatic rings. The Balaban J connectivity index is 2.15. The van der Waals surface area contributed by atoms with E-state index in [1.807, 2.05) is 6.92 Å². The number of carbonyl (C=O) groups is 1. The molecule has 2 heterocycles. The monoisotopic (exact) mass is 328 g/mol. The molecule has 0 fully saturated rings. The van der Waals surface area contributed by atoms with E-state index in [-0.39, 0.29) is 10.2 Å². The third kappa shape index (κ3) is 3.89. The van der Waals surface area contributed by atoms with Crippen molar-refractivity contribution in [3.8, 4) is 0 Å². The maximum Gasteiger partial charge on any atom is 0.328 e. The highest BCUT2D eigenvalue weighted by atomic mass is 32.2. The van der Waals surface area contributed by atoms with Gasteiger partial charge in [-0.3, -0.25) is 4.72 Å². The molecule has 0 aliphatic carbocycles. The summed E-state index contributed by atoms with van der Waals surface area (Å²) in [7, 11) is -3.78. The Morgan fingerprint density at radius 2 is 2.24 bits per heavy atom. The number of rotatable bonds is 6. The average molecular weight is 328 g/mol. The SMILES string of the molecule is CCc1ncc(S(=O)(=O)Nc2ncc(C=CC(=O)O)s2)[nH]1. The lowest BCUT2D eigenvalue weighted by Gasteiger charge is -2.01. The van der Waals surface area contributed by atoms with E-state index < -0.39 is 16.0 Å². The second-order valence-corrected chi connectivity index (χ2v) is 6.61. The molecule has 21 heavy (non-hydrogen) atoms. The number of nitrogens with one attached hydrogen (secondary N) is 2. The van der Waals surface area contributed by atoms with Crippen molar-refractivity contribution in [2.24, 2.45) is 0 Å². The number of carboxylic acids is 1. The molecule has 0 aliphatic heterocycles. The number of sulfonamides is 1. The van der Waals surface area contributed by atoms with Gasteiger partial charge in [0.15, 0.2) is 10.2 Å². The number of nitrogens with zero attached hydrogens (tertiary/aromatic N) is 2. The largest absolute Gasteiger partial charge is 0.478 e. The maximum absolute atomic E-state index is 12.1. The van der Waals surface area contributed by atoms with Crippen LogP contribution in [0.25, 0.3) is 6.08 Å². The molecule has 10 heteroatoms. The summed E-state index contributed by atoms with van der Waals surface area (Å²) in [6.45, 7) is 1.85. The summed E-state index contributed by atoms with van der Waals surface area (Å²) >= 11 is 1.02. The van der Waals surface area contributed by atoms with Crippen LogP contribution in [-0.2, 0) is 21.2 Å². The number of aryl methyl sites for hydroxylation is 1. The van der Waals surface area contributed by atoms with Crippen molar-refractivity contribution in [2.45, 2.75) is 18.4 Å². The Labute approximate surface area is 124 Å². The lowest BCUT2D eigenvalue weighted by atomic mass is 10.4. The number of hydrogen-bond acceptors (Lipinski definition) is 6. The van der Waals surface area contributed by atoms with Crippen LogP contribution in [0.1, 0.15) is 17.6 Å². The van der Waals surface area contributed by atoms with Gasteiger partial charge in [0.2, 0.25) is 0 Å². The lowest BCUT2D eigenvalue weighted by molar-refractivity contribution is -0.131. The first-order valence-electron chi connectivity index (χ1n) is 5.84. The number of hydrogen-bond donors (Lipinski definition) is 3. The van der Waals surface area contributed by atoms with Gasteiger partial charge < -0.3 is 10.1 Å². The lowest BCUT2D eigenvalue weighted by Crippen LogP contribution is -2.13. The van der Waals surface area contributed by atoms with E-state index in [1.165, 1.54) is 18.5 Å². The molecule has 0 bridgehead atoms. The molecule has 0 radical (unpaired) electrons. The van der Waals surface area contributed by atoms with Crippen LogP contribution < -0.4 is 4.72 Å². The number of imidazole rings is 1. The van der Waals surface area contributed by atoms with Crippen LogP contribution in [-0.4, -0.2) is 34.4 Å². The van der Waals surface area contributed by atoms with Crippen molar-refractivity contribution in [3.63, 3.8) is 0 Å². The molecule has 0 amide bonds. The Hall–Kier alpha value is -2.20. The Bertz CT molecular complexity index is 776. The molecule has 3 N–H and O–H groups in total. The highest BCUT2D eigenvalue weighted by molar-refractivity contribution is 7.92.